The van der Waals surface area contributed by atoms with Crippen LogP contribution < -0.4 is 5.73 Å². The smallest absolute Gasteiger partial charge is 0.320 e. The standard InChI is InChI=1S/C12H13N3O2S/c1-2-17-11(16)9(8-6-4-3-5-7-8)10-14-15-12(13)18-10/h3-7,9H,2H2,1H3,(H2,13,15). The molecule has 0 aliphatic rings. The quantitative estimate of drug-likeness (QED) is 0.851. The highest BCUT2D eigenvalue weighted by Gasteiger charge is 2.27. The van der Waals surface area contributed by atoms with Crippen LogP contribution in [0.2, 0.25) is 0 Å². The van der Waals surface area contributed by atoms with Gasteiger partial charge in [0, 0.05) is 0 Å². The number of anilines is 1. The summed E-state index contributed by atoms with van der Waals surface area (Å²) in [6.45, 7) is 2.10. The molecule has 5 nitrogen and oxygen atoms in total. The van der Waals surface area contributed by atoms with Crippen LogP contribution in [0.5, 0.6) is 0 Å². The minimum absolute atomic E-state index is 0.330. The number of benzene rings is 1. The van der Waals surface area contributed by atoms with E-state index in [-0.39, 0.29) is 5.97 Å². The Labute approximate surface area is 109 Å². The Kier molecular flexibility index (Phi) is 3.88. The van der Waals surface area contributed by atoms with Gasteiger partial charge in [0.1, 0.15) is 10.9 Å². The largest absolute Gasteiger partial charge is 0.465 e. The Bertz CT molecular complexity index is 527. The van der Waals surface area contributed by atoms with Gasteiger partial charge < -0.3 is 10.5 Å². The number of ether oxygens (including phenoxy) is 1. The Morgan fingerprint density at radius 1 is 1.39 bits per heavy atom. The predicted octanol–water partition coefficient (Wildman–Crippen LogP) is 1.82. The van der Waals surface area contributed by atoms with Gasteiger partial charge in [-0.25, -0.2) is 0 Å². The van der Waals surface area contributed by atoms with E-state index in [1.54, 1.807) is 6.92 Å². The summed E-state index contributed by atoms with van der Waals surface area (Å²) in [5.74, 6) is -0.888. The number of nitrogens with zero attached hydrogens (tertiary/aromatic N) is 2. The lowest BCUT2D eigenvalue weighted by molar-refractivity contribution is -0.143. The number of nitrogens with two attached hydrogens (primary N) is 1. The first kappa shape index (κ1) is 12.5. The SMILES string of the molecule is CCOC(=O)C(c1ccccc1)c1nnc(N)s1. The van der Waals surface area contributed by atoms with Crippen molar-refractivity contribution in [3.63, 3.8) is 0 Å². The van der Waals surface area contributed by atoms with Crippen LogP contribution in [0.15, 0.2) is 30.3 Å². The number of esters is 1. The predicted molar refractivity (Wildman–Crippen MR) is 69.2 cm³/mol. The third kappa shape index (κ3) is 2.65. The van der Waals surface area contributed by atoms with Crippen LogP contribution in [0.25, 0.3) is 0 Å². The molecule has 2 rings (SSSR count). The monoisotopic (exact) mass is 263 g/mol. The minimum atomic E-state index is -0.555. The Hall–Kier alpha value is -1.95. The fraction of sp³-hybridized carbons (Fsp3) is 0.250. The second-order valence-electron chi connectivity index (χ2n) is 3.57. The molecule has 0 saturated carbocycles. The van der Waals surface area contributed by atoms with Gasteiger partial charge in [0.15, 0.2) is 0 Å². The van der Waals surface area contributed by atoms with E-state index in [9.17, 15) is 4.79 Å². The number of carbonyl (C=O) groups excluding carboxylic acids is 1. The molecule has 6 heteroatoms. The maximum atomic E-state index is 12.0. The van der Waals surface area contributed by atoms with Gasteiger partial charge in [-0.1, -0.05) is 41.7 Å². The average Bonchev–Trinajstić information content (AvgIpc) is 2.78. The highest BCUT2D eigenvalue weighted by Crippen LogP contribution is 2.29. The zero-order valence-electron chi connectivity index (χ0n) is 9.87. The van der Waals surface area contributed by atoms with Gasteiger partial charge in [0.25, 0.3) is 0 Å². The third-order valence-corrected chi connectivity index (χ3v) is 3.18. The van der Waals surface area contributed by atoms with E-state index in [1.165, 1.54) is 11.3 Å². The van der Waals surface area contributed by atoms with Crippen molar-refractivity contribution in [1.29, 1.82) is 0 Å². The summed E-state index contributed by atoms with van der Waals surface area (Å²) < 4.78 is 5.08. The Morgan fingerprint density at radius 3 is 2.67 bits per heavy atom. The number of carbonyl (C=O) groups is 1. The molecule has 0 aliphatic heterocycles. The lowest BCUT2D eigenvalue weighted by Crippen LogP contribution is -2.17. The molecule has 2 aromatic rings. The molecule has 0 spiro atoms. The normalized spacial score (nSPS) is 12.1. The molecule has 2 N–H and O–H groups in total. The number of nitrogen functional groups attached to an aromatic ring is 1. The van der Waals surface area contributed by atoms with Crippen molar-refractivity contribution in [2.24, 2.45) is 0 Å². The molecule has 1 aromatic heterocycles. The van der Waals surface area contributed by atoms with Crippen molar-refractivity contribution in [2.75, 3.05) is 12.3 Å². The summed E-state index contributed by atoms with van der Waals surface area (Å²) in [4.78, 5) is 12.0. The van der Waals surface area contributed by atoms with Gasteiger partial charge in [0.05, 0.1) is 6.61 Å². The van der Waals surface area contributed by atoms with Crippen molar-refractivity contribution >= 4 is 22.4 Å². The van der Waals surface area contributed by atoms with E-state index in [0.29, 0.717) is 16.7 Å². The lowest BCUT2D eigenvalue weighted by atomic mass is 10.0. The summed E-state index contributed by atoms with van der Waals surface area (Å²) >= 11 is 1.20. The molecule has 0 amide bonds. The van der Waals surface area contributed by atoms with Gasteiger partial charge in [-0.15, -0.1) is 10.2 Å². The molecule has 0 radical (unpaired) electrons. The van der Waals surface area contributed by atoms with Crippen LogP contribution in [0.3, 0.4) is 0 Å². The maximum absolute atomic E-state index is 12.0. The van der Waals surface area contributed by atoms with Crippen molar-refractivity contribution < 1.29 is 9.53 Å². The molecule has 0 aliphatic carbocycles. The number of hydrogen-bond donors (Lipinski definition) is 1. The number of hydrogen-bond acceptors (Lipinski definition) is 6. The lowest BCUT2D eigenvalue weighted by Gasteiger charge is -2.12. The zero-order valence-corrected chi connectivity index (χ0v) is 10.7. The Balaban J connectivity index is 2.38. The average molecular weight is 263 g/mol. The summed E-state index contributed by atoms with van der Waals surface area (Å²) in [5, 5.41) is 8.58. The summed E-state index contributed by atoms with van der Waals surface area (Å²) in [5.41, 5.74) is 6.39. The highest BCUT2D eigenvalue weighted by atomic mass is 32.1. The van der Waals surface area contributed by atoms with Crippen LogP contribution >= 0.6 is 11.3 Å². The minimum Gasteiger partial charge on any atom is -0.465 e. The van der Waals surface area contributed by atoms with E-state index >= 15 is 0 Å². The van der Waals surface area contributed by atoms with Crippen molar-refractivity contribution in [3.05, 3.63) is 40.9 Å². The maximum Gasteiger partial charge on any atom is 0.320 e. The van der Waals surface area contributed by atoms with Crippen LogP contribution in [-0.4, -0.2) is 22.8 Å². The van der Waals surface area contributed by atoms with E-state index in [4.69, 9.17) is 10.5 Å². The topological polar surface area (TPSA) is 78.1 Å². The zero-order chi connectivity index (χ0) is 13.0. The van der Waals surface area contributed by atoms with E-state index in [2.05, 4.69) is 10.2 Å². The molecule has 0 bridgehead atoms. The van der Waals surface area contributed by atoms with Crippen LogP contribution in [0.4, 0.5) is 5.13 Å². The third-order valence-electron chi connectivity index (χ3n) is 2.36. The number of aromatic nitrogens is 2. The van der Waals surface area contributed by atoms with E-state index in [0.717, 1.165) is 5.56 Å². The molecule has 0 saturated heterocycles. The summed E-state index contributed by atoms with van der Waals surface area (Å²) in [6.07, 6.45) is 0. The van der Waals surface area contributed by atoms with Crippen LogP contribution in [-0.2, 0) is 9.53 Å². The van der Waals surface area contributed by atoms with Crippen molar-refractivity contribution in [2.45, 2.75) is 12.8 Å². The molecule has 1 atom stereocenters. The molecule has 94 valence electrons. The molecule has 1 aromatic carbocycles. The fourth-order valence-corrected chi connectivity index (χ4v) is 2.34. The first-order chi connectivity index (χ1) is 8.72. The molecule has 1 heterocycles. The van der Waals surface area contributed by atoms with Gasteiger partial charge in [0.2, 0.25) is 5.13 Å². The van der Waals surface area contributed by atoms with Gasteiger partial charge >= 0.3 is 5.97 Å². The molecule has 1 unspecified atom stereocenters. The van der Waals surface area contributed by atoms with Gasteiger partial charge in [-0.3, -0.25) is 4.79 Å². The second-order valence-corrected chi connectivity index (χ2v) is 4.61. The molecular formula is C12H13N3O2S. The molecule has 0 fully saturated rings. The van der Waals surface area contributed by atoms with E-state index < -0.39 is 5.92 Å². The summed E-state index contributed by atoms with van der Waals surface area (Å²) in [6, 6.07) is 9.34. The van der Waals surface area contributed by atoms with E-state index in [1.807, 2.05) is 30.3 Å². The second kappa shape index (κ2) is 5.59. The van der Waals surface area contributed by atoms with Crippen LogP contribution in [0, 0.1) is 0 Å². The van der Waals surface area contributed by atoms with Gasteiger partial charge in [-0.05, 0) is 12.5 Å². The summed E-state index contributed by atoms with van der Waals surface area (Å²) in [7, 11) is 0. The van der Waals surface area contributed by atoms with Crippen LogP contribution in [0.1, 0.15) is 23.4 Å². The van der Waals surface area contributed by atoms with Crippen molar-refractivity contribution in [3.8, 4) is 0 Å². The molecule has 18 heavy (non-hydrogen) atoms. The molecular weight excluding hydrogens is 250 g/mol. The van der Waals surface area contributed by atoms with Crippen molar-refractivity contribution in [1.82, 2.24) is 10.2 Å². The first-order valence-electron chi connectivity index (χ1n) is 5.52. The number of rotatable bonds is 4. The highest BCUT2D eigenvalue weighted by molar-refractivity contribution is 7.15. The Morgan fingerprint density at radius 2 is 2.11 bits per heavy atom. The fourth-order valence-electron chi connectivity index (χ4n) is 1.61. The first-order valence-corrected chi connectivity index (χ1v) is 6.34. The van der Waals surface area contributed by atoms with Gasteiger partial charge in [-0.2, -0.15) is 0 Å².